The quantitative estimate of drug-likeness (QED) is 0.710. The molecule has 1 atom stereocenters. The maximum absolute atomic E-state index is 11.6. The third-order valence-corrected chi connectivity index (χ3v) is 2.01. The molecule has 0 spiro atoms. The van der Waals surface area contributed by atoms with Crippen LogP contribution in [0.25, 0.3) is 0 Å². The monoisotopic (exact) mass is 225 g/mol. The highest BCUT2D eigenvalue weighted by Gasteiger charge is 2.09. The van der Waals surface area contributed by atoms with E-state index >= 15 is 0 Å². The Morgan fingerprint density at radius 1 is 1.69 bits per heavy atom. The Kier molecular flexibility index (Phi) is 4.30. The maximum atomic E-state index is 11.6. The first-order chi connectivity index (χ1) is 7.47. The van der Waals surface area contributed by atoms with Crippen LogP contribution < -0.4 is 11.1 Å². The fraction of sp³-hybridized carbons (Fsp3) is 0.600. The van der Waals surface area contributed by atoms with Crippen molar-refractivity contribution < 1.29 is 4.79 Å². The van der Waals surface area contributed by atoms with Gasteiger partial charge in [-0.15, -0.1) is 0 Å². The minimum absolute atomic E-state index is 0.0579. The molecule has 90 valence electrons. The van der Waals surface area contributed by atoms with E-state index in [1.165, 1.54) is 4.68 Å². The molecule has 0 saturated carbocycles. The molecule has 0 fully saturated rings. The molecule has 1 rings (SSSR count). The molecule has 0 aliphatic carbocycles. The first-order valence-electron chi connectivity index (χ1n) is 5.20. The molecule has 6 nitrogen and oxygen atoms in total. The summed E-state index contributed by atoms with van der Waals surface area (Å²) in [6.45, 7) is 2.98. The van der Waals surface area contributed by atoms with Crippen molar-refractivity contribution in [2.24, 2.45) is 0 Å². The average molecular weight is 225 g/mol. The fourth-order valence-corrected chi connectivity index (χ4v) is 1.53. The molecule has 0 aliphatic heterocycles. The Morgan fingerprint density at radius 3 is 2.88 bits per heavy atom. The van der Waals surface area contributed by atoms with Gasteiger partial charge in [-0.3, -0.25) is 9.48 Å². The Morgan fingerprint density at radius 2 is 2.38 bits per heavy atom. The van der Waals surface area contributed by atoms with Gasteiger partial charge in [0.05, 0.1) is 0 Å². The van der Waals surface area contributed by atoms with Crippen LogP contribution in [0.15, 0.2) is 12.3 Å². The average Bonchev–Trinajstić information content (AvgIpc) is 2.48. The van der Waals surface area contributed by atoms with Crippen molar-refractivity contribution in [1.29, 1.82) is 0 Å². The highest BCUT2D eigenvalue weighted by atomic mass is 16.2. The molecule has 0 aliphatic rings. The number of aromatic nitrogens is 2. The van der Waals surface area contributed by atoms with E-state index in [1.807, 2.05) is 25.9 Å². The summed E-state index contributed by atoms with van der Waals surface area (Å²) < 4.78 is 1.52. The van der Waals surface area contributed by atoms with E-state index in [1.54, 1.807) is 12.3 Å². The van der Waals surface area contributed by atoms with E-state index in [-0.39, 0.29) is 18.5 Å². The smallest absolute Gasteiger partial charge is 0.241 e. The Balaban J connectivity index is 2.36. The summed E-state index contributed by atoms with van der Waals surface area (Å²) in [5.74, 6) is 0.367. The van der Waals surface area contributed by atoms with Gasteiger partial charge in [0.1, 0.15) is 12.4 Å². The highest BCUT2D eigenvalue weighted by Crippen LogP contribution is 1.95. The topological polar surface area (TPSA) is 76.2 Å². The molecule has 0 bridgehead atoms. The van der Waals surface area contributed by atoms with Gasteiger partial charge in [0.15, 0.2) is 0 Å². The number of nitrogen functional groups attached to an aromatic ring is 1. The van der Waals surface area contributed by atoms with E-state index in [9.17, 15) is 4.79 Å². The summed E-state index contributed by atoms with van der Waals surface area (Å²) in [4.78, 5) is 13.6. The minimum Gasteiger partial charge on any atom is -0.382 e. The Bertz CT molecular complexity index is 347. The molecule has 6 heteroatoms. The number of anilines is 1. The van der Waals surface area contributed by atoms with Gasteiger partial charge in [-0.25, -0.2) is 0 Å². The summed E-state index contributed by atoms with van der Waals surface area (Å²) in [5.41, 5.74) is 5.45. The molecule has 0 saturated heterocycles. The van der Waals surface area contributed by atoms with Crippen LogP contribution in [0.1, 0.15) is 6.92 Å². The number of rotatable bonds is 5. The zero-order valence-corrected chi connectivity index (χ0v) is 9.97. The lowest BCUT2D eigenvalue weighted by Crippen LogP contribution is -2.41. The summed E-state index contributed by atoms with van der Waals surface area (Å²) in [6.07, 6.45) is 1.69. The van der Waals surface area contributed by atoms with Crippen molar-refractivity contribution >= 4 is 11.7 Å². The van der Waals surface area contributed by atoms with E-state index in [4.69, 9.17) is 5.73 Å². The first kappa shape index (κ1) is 12.5. The molecule has 1 amide bonds. The van der Waals surface area contributed by atoms with Crippen molar-refractivity contribution in [3.05, 3.63) is 12.3 Å². The maximum Gasteiger partial charge on any atom is 0.241 e. The van der Waals surface area contributed by atoms with Crippen LogP contribution in [-0.2, 0) is 11.3 Å². The predicted molar refractivity (Wildman–Crippen MR) is 62.8 cm³/mol. The normalized spacial score (nSPS) is 12.8. The lowest BCUT2D eigenvalue weighted by Gasteiger charge is -2.18. The van der Waals surface area contributed by atoms with E-state index in [0.717, 1.165) is 6.54 Å². The second kappa shape index (κ2) is 5.50. The molecule has 1 heterocycles. The van der Waals surface area contributed by atoms with Crippen LogP contribution in [0.2, 0.25) is 0 Å². The van der Waals surface area contributed by atoms with Crippen molar-refractivity contribution in [2.75, 3.05) is 26.4 Å². The summed E-state index contributed by atoms with van der Waals surface area (Å²) in [5, 5.41) is 6.83. The third-order valence-electron chi connectivity index (χ3n) is 2.01. The van der Waals surface area contributed by atoms with Gasteiger partial charge in [0, 0.05) is 18.8 Å². The number of likely N-dealkylation sites (N-methyl/N-ethyl adjacent to an activating group) is 1. The molecular weight excluding hydrogens is 206 g/mol. The largest absolute Gasteiger partial charge is 0.382 e. The van der Waals surface area contributed by atoms with Gasteiger partial charge in [-0.1, -0.05) is 0 Å². The number of nitrogens with two attached hydrogens (primary N) is 1. The minimum atomic E-state index is -0.0579. The second-order valence-electron chi connectivity index (χ2n) is 4.17. The summed E-state index contributed by atoms with van der Waals surface area (Å²) >= 11 is 0. The van der Waals surface area contributed by atoms with Gasteiger partial charge in [0.25, 0.3) is 0 Å². The zero-order chi connectivity index (χ0) is 12.1. The van der Waals surface area contributed by atoms with E-state index in [0.29, 0.717) is 5.82 Å². The molecule has 0 aromatic carbocycles. The van der Waals surface area contributed by atoms with Crippen LogP contribution in [0.4, 0.5) is 5.82 Å². The van der Waals surface area contributed by atoms with Gasteiger partial charge >= 0.3 is 0 Å². The number of amides is 1. The van der Waals surface area contributed by atoms with Crippen molar-refractivity contribution in [1.82, 2.24) is 20.0 Å². The zero-order valence-electron chi connectivity index (χ0n) is 9.97. The second-order valence-corrected chi connectivity index (χ2v) is 4.17. The Hall–Kier alpha value is -1.56. The molecule has 0 radical (unpaired) electrons. The number of carbonyl (C=O) groups excluding carboxylic acids is 1. The molecule has 1 unspecified atom stereocenters. The van der Waals surface area contributed by atoms with Gasteiger partial charge in [-0.2, -0.15) is 5.10 Å². The van der Waals surface area contributed by atoms with Crippen LogP contribution in [0.5, 0.6) is 0 Å². The predicted octanol–water partition coefficient (Wildman–Crippen LogP) is -0.468. The van der Waals surface area contributed by atoms with Crippen LogP contribution in [-0.4, -0.2) is 47.3 Å². The van der Waals surface area contributed by atoms with Crippen molar-refractivity contribution in [3.63, 3.8) is 0 Å². The van der Waals surface area contributed by atoms with Gasteiger partial charge < -0.3 is 16.0 Å². The fourth-order valence-electron chi connectivity index (χ4n) is 1.53. The van der Waals surface area contributed by atoms with Gasteiger partial charge in [-0.05, 0) is 27.1 Å². The third kappa shape index (κ3) is 4.31. The lowest BCUT2D eigenvalue weighted by atomic mass is 10.3. The molecule has 1 aromatic rings. The lowest BCUT2D eigenvalue weighted by molar-refractivity contribution is -0.122. The number of hydrogen-bond acceptors (Lipinski definition) is 4. The van der Waals surface area contributed by atoms with Crippen molar-refractivity contribution in [3.8, 4) is 0 Å². The molecular formula is C10H19N5O. The van der Waals surface area contributed by atoms with E-state index in [2.05, 4.69) is 10.4 Å². The molecule has 3 N–H and O–H groups in total. The van der Waals surface area contributed by atoms with Crippen molar-refractivity contribution in [2.45, 2.75) is 19.5 Å². The molecule has 16 heavy (non-hydrogen) atoms. The first-order valence-corrected chi connectivity index (χ1v) is 5.20. The standard InChI is InChI=1S/C10H19N5O/c1-8(6-14(2)3)12-10(16)7-15-5-4-9(11)13-15/h4-5,8H,6-7H2,1-3H3,(H2,11,13)(H,12,16). The van der Waals surface area contributed by atoms with Crippen LogP contribution in [0.3, 0.4) is 0 Å². The van der Waals surface area contributed by atoms with E-state index < -0.39 is 0 Å². The summed E-state index contributed by atoms with van der Waals surface area (Å²) in [6, 6.07) is 1.78. The Labute approximate surface area is 95.4 Å². The molecule has 1 aromatic heterocycles. The highest BCUT2D eigenvalue weighted by molar-refractivity contribution is 5.75. The number of hydrogen-bond donors (Lipinski definition) is 2. The SMILES string of the molecule is CC(CN(C)C)NC(=O)Cn1ccc(N)n1. The van der Waals surface area contributed by atoms with Crippen LogP contribution in [0, 0.1) is 0 Å². The summed E-state index contributed by atoms with van der Waals surface area (Å²) in [7, 11) is 3.94. The number of carbonyl (C=O) groups is 1. The number of nitrogens with zero attached hydrogens (tertiary/aromatic N) is 3. The van der Waals surface area contributed by atoms with Crippen LogP contribution >= 0.6 is 0 Å². The number of nitrogens with one attached hydrogen (secondary N) is 1. The van der Waals surface area contributed by atoms with Gasteiger partial charge in [0.2, 0.25) is 5.91 Å².